The monoisotopic (exact) mass is 207 g/mol. The molecule has 1 aliphatic heterocycles. The van der Waals surface area contributed by atoms with Gasteiger partial charge in [-0.3, -0.25) is 4.79 Å². The molecule has 1 aromatic carbocycles. The number of rotatable bonds is 2. The largest absolute Gasteiger partial charge is 0.508 e. The maximum absolute atomic E-state index is 10.9. The summed E-state index contributed by atoms with van der Waals surface area (Å²) in [5, 5.41) is 21.3. The van der Waals surface area contributed by atoms with E-state index < -0.39 is 12.0 Å². The van der Waals surface area contributed by atoms with Crippen molar-refractivity contribution in [1.29, 1.82) is 0 Å². The number of phenols is 1. The molecular formula is C11H13NO3. The predicted molar refractivity (Wildman–Crippen MR) is 54.9 cm³/mol. The van der Waals surface area contributed by atoms with E-state index in [2.05, 4.69) is 5.32 Å². The Morgan fingerprint density at radius 2 is 2.27 bits per heavy atom. The number of phenolic OH excluding ortho intramolecular Hbond substituents is 1. The molecule has 1 aliphatic rings. The first kappa shape index (κ1) is 9.98. The first-order valence-corrected chi connectivity index (χ1v) is 4.93. The lowest BCUT2D eigenvalue weighted by Gasteiger charge is -2.15. The van der Waals surface area contributed by atoms with E-state index in [0.29, 0.717) is 6.54 Å². The molecule has 0 radical (unpaired) electrons. The summed E-state index contributed by atoms with van der Waals surface area (Å²) in [7, 11) is 0. The molecule has 4 heteroatoms. The van der Waals surface area contributed by atoms with Crippen LogP contribution < -0.4 is 5.32 Å². The summed E-state index contributed by atoms with van der Waals surface area (Å²) in [4.78, 5) is 10.9. The summed E-state index contributed by atoms with van der Waals surface area (Å²) >= 11 is 0. The number of hydrogen-bond donors (Lipinski definition) is 3. The fraction of sp³-hybridized carbons (Fsp3) is 0.364. The van der Waals surface area contributed by atoms with Crippen LogP contribution >= 0.6 is 0 Å². The van der Waals surface area contributed by atoms with Crippen LogP contribution in [-0.2, 0) is 4.79 Å². The number of carbonyl (C=O) groups is 1. The van der Waals surface area contributed by atoms with E-state index in [0.717, 1.165) is 12.0 Å². The third-order valence-electron chi connectivity index (χ3n) is 2.79. The Balaban J connectivity index is 2.26. The molecule has 0 aliphatic carbocycles. The van der Waals surface area contributed by atoms with Crippen molar-refractivity contribution >= 4 is 5.97 Å². The molecule has 1 fully saturated rings. The maximum Gasteiger partial charge on any atom is 0.321 e. The molecule has 2 rings (SSSR count). The molecule has 2 unspecified atom stereocenters. The van der Waals surface area contributed by atoms with Crippen molar-refractivity contribution in [2.75, 3.05) is 6.54 Å². The lowest BCUT2D eigenvalue weighted by molar-refractivity contribution is -0.139. The van der Waals surface area contributed by atoms with Gasteiger partial charge in [0.25, 0.3) is 0 Å². The fourth-order valence-electron chi connectivity index (χ4n) is 2.08. The predicted octanol–water partition coefficient (Wildman–Crippen LogP) is 0.922. The van der Waals surface area contributed by atoms with E-state index in [1.165, 1.54) is 0 Å². The highest BCUT2D eigenvalue weighted by Gasteiger charge is 2.33. The normalized spacial score (nSPS) is 25.3. The van der Waals surface area contributed by atoms with E-state index in [-0.39, 0.29) is 11.7 Å². The zero-order valence-electron chi connectivity index (χ0n) is 8.18. The summed E-state index contributed by atoms with van der Waals surface area (Å²) in [5.74, 6) is -0.695. The SMILES string of the molecule is O=C(O)C1NCCC1c1cccc(O)c1. The smallest absolute Gasteiger partial charge is 0.321 e. The molecule has 1 aromatic rings. The van der Waals surface area contributed by atoms with E-state index in [4.69, 9.17) is 5.11 Å². The summed E-state index contributed by atoms with van der Waals surface area (Å²) in [6.45, 7) is 0.706. The molecule has 3 N–H and O–H groups in total. The molecule has 2 atom stereocenters. The average Bonchev–Trinajstić information content (AvgIpc) is 2.65. The van der Waals surface area contributed by atoms with Crippen molar-refractivity contribution in [3.05, 3.63) is 29.8 Å². The van der Waals surface area contributed by atoms with Crippen LogP contribution in [0.2, 0.25) is 0 Å². The molecule has 0 amide bonds. The van der Waals surface area contributed by atoms with Crippen molar-refractivity contribution in [2.45, 2.75) is 18.4 Å². The van der Waals surface area contributed by atoms with Crippen LogP contribution in [0.5, 0.6) is 5.75 Å². The minimum atomic E-state index is -0.833. The number of aromatic hydroxyl groups is 1. The molecule has 0 saturated carbocycles. The lowest BCUT2D eigenvalue weighted by atomic mass is 9.92. The summed E-state index contributed by atoms with van der Waals surface area (Å²) in [6.07, 6.45) is 0.792. The number of carboxylic acid groups (broad SMARTS) is 1. The first-order chi connectivity index (χ1) is 7.18. The van der Waals surface area contributed by atoms with Gasteiger partial charge in [-0.25, -0.2) is 0 Å². The van der Waals surface area contributed by atoms with Gasteiger partial charge < -0.3 is 15.5 Å². The lowest BCUT2D eigenvalue weighted by Crippen LogP contribution is -2.34. The minimum absolute atomic E-state index is 0.0467. The molecule has 15 heavy (non-hydrogen) atoms. The van der Waals surface area contributed by atoms with Crippen LogP contribution in [0, 0.1) is 0 Å². The van der Waals surface area contributed by atoms with Gasteiger partial charge in [0.2, 0.25) is 0 Å². The number of carboxylic acids is 1. The van der Waals surface area contributed by atoms with Gasteiger partial charge in [0.1, 0.15) is 11.8 Å². The second kappa shape index (κ2) is 3.90. The molecule has 0 bridgehead atoms. The standard InChI is InChI=1S/C11H13NO3/c13-8-3-1-2-7(6-8)9-4-5-12-10(9)11(14)15/h1-3,6,9-10,12-13H,4-5H2,(H,14,15). The molecule has 80 valence electrons. The van der Waals surface area contributed by atoms with Gasteiger partial charge in [0.15, 0.2) is 0 Å². The number of hydrogen-bond acceptors (Lipinski definition) is 3. The Morgan fingerprint density at radius 3 is 2.93 bits per heavy atom. The van der Waals surface area contributed by atoms with E-state index in [1.807, 2.05) is 6.07 Å². The number of aliphatic carboxylic acids is 1. The van der Waals surface area contributed by atoms with Crippen molar-refractivity contribution in [3.63, 3.8) is 0 Å². The fourth-order valence-corrected chi connectivity index (χ4v) is 2.08. The second-order valence-electron chi connectivity index (χ2n) is 3.76. The van der Waals surface area contributed by atoms with E-state index in [9.17, 15) is 9.90 Å². The number of nitrogens with one attached hydrogen (secondary N) is 1. The van der Waals surface area contributed by atoms with Gasteiger partial charge in [-0.1, -0.05) is 12.1 Å². The van der Waals surface area contributed by atoms with Crippen LogP contribution in [0.1, 0.15) is 17.9 Å². The van der Waals surface area contributed by atoms with Crippen LogP contribution in [0.4, 0.5) is 0 Å². The summed E-state index contributed by atoms with van der Waals surface area (Å²) in [5.41, 5.74) is 0.882. The second-order valence-corrected chi connectivity index (χ2v) is 3.76. The highest BCUT2D eigenvalue weighted by Crippen LogP contribution is 2.29. The average molecular weight is 207 g/mol. The van der Waals surface area contributed by atoms with Crippen molar-refractivity contribution in [1.82, 2.24) is 5.32 Å². The van der Waals surface area contributed by atoms with E-state index >= 15 is 0 Å². The van der Waals surface area contributed by atoms with Gasteiger partial charge in [-0.15, -0.1) is 0 Å². The Morgan fingerprint density at radius 1 is 1.47 bits per heavy atom. The topological polar surface area (TPSA) is 69.6 Å². The first-order valence-electron chi connectivity index (χ1n) is 4.93. The zero-order chi connectivity index (χ0) is 10.8. The van der Waals surface area contributed by atoms with Gasteiger partial charge in [-0.05, 0) is 30.7 Å². The maximum atomic E-state index is 10.9. The van der Waals surface area contributed by atoms with Gasteiger partial charge in [-0.2, -0.15) is 0 Å². The Labute approximate surface area is 87.6 Å². The zero-order valence-corrected chi connectivity index (χ0v) is 8.18. The minimum Gasteiger partial charge on any atom is -0.508 e. The Hall–Kier alpha value is -1.55. The molecular weight excluding hydrogens is 194 g/mol. The van der Waals surface area contributed by atoms with Crippen molar-refractivity contribution in [3.8, 4) is 5.75 Å². The van der Waals surface area contributed by atoms with Gasteiger partial charge in [0, 0.05) is 5.92 Å². The summed E-state index contributed by atoms with van der Waals surface area (Å²) in [6, 6.07) is 6.27. The van der Waals surface area contributed by atoms with Crippen LogP contribution in [0.3, 0.4) is 0 Å². The van der Waals surface area contributed by atoms with Crippen LogP contribution in [0.15, 0.2) is 24.3 Å². The highest BCUT2D eigenvalue weighted by atomic mass is 16.4. The van der Waals surface area contributed by atoms with Gasteiger partial charge in [0.05, 0.1) is 0 Å². The van der Waals surface area contributed by atoms with Crippen LogP contribution in [0.25, 0.3) is 0 Å². The Bertz CT molecular complexity index is 378. The summed E-state index contributed by atoms with van der Waals surface area (Å²) < 4.78 is 0. The van der Waals surface area contributed by atoms with Gasteiger partial charge >= 0.3 is 5.97 Å². The third kappa shape index (κ3) is 1.94. The van der Waals surface area contributed by atoms with Crippen molar-refractivity contribution < 1.29 is 15.0 Å². The van der Waals surface area contributed by atoms with Crippen LogP contribution in [-0.4, -0.2) is 28.8 Å². The quantitative estimate of drug-likeness (QED) is 0.674. The molecule has 1 heterocycles. The molecule has 0 aromatic heterocycles. The number of benzene rings is 1. The van der Waals surface area contributed by atoms with Crippen molar-refractivity contribution in [2.24, 2.45) is 0 Å². The molecule has 4 nitrogen and oxygen atoms in total. The molecule has 1 saturated heterocycles. The highest BCUT2D eigenvalue weighted by molar-refractivity contribution is 5.75. The Kier molecular flexibility index (Phi) is 2.60. The van der Waals surface area contributed by atoms with E-state index in [1.54, 1.807) is 18.2 Å². The molecule has 0 spiro atoms. The third-order valence-corrected chi connectivity index (χ3v) is 2.79.